The van der Waals surface area contributed by atoms with E-state index in [4.69, 9.17) is 4.74 Å². The van der Waals surface area contributed by atoms with E-state index in [0.29, 0.717) is 26.3 Å². The number of carbonyl (C=O) groups excluding carboxylic acids is 1. The third-order valence-electron chi connectivity index (χ3n) is 3.55. The highest BCUT2D eigenvalue weighted by Crippen LogP contribution is 2.13. The largest absolute Gasteiger partial charge is 0.405 e. The van der Waals surface area contributed by atoms with Crippen molar-refractivity contribution >= 4 is 5.91 Å². The normalized spacial score (nSPS) is 19.5. The van der Waals surface area contributed by atoms with Crippen molar-refractivity contribution < 1.29 is 22.7 Å². The zero-order valence-corrected chi connectivity index (χ0v) is 12.6. The highest BCUT2D eigenvalue weighted by Gasteiger charge is 2.30. The van der Waals surface area contributed by atoms with E-state index >= 15 is 0 Å². The minimum absolute atomic E-state index is 0.540. The number of hydrogen-bond donors (Lipinski definition) is 1. The molecule has 1 amide bonds. The third kappa shape index (κ3) is 7.10. The van der Waals surface area contributed by atoms with E-state index in [1.54, 1.807) is 6.92 Å². The van der Waals surface area contributed by atoms with Gasteiger partial charge >= 0.3 is 6.18 Å². The molecule has 21 heavy (non-hydrogen) atoms. The number of amides is 1. The highest BCUT2D eigenvalue weighted by atomic mass is 19.4. The first-order valence-corrected chi connectivity index (χ1v) is 7.22. The minimum Gasteiger partial charge on any atom is -0.380 e. The van der Waals surface area contributed by atoms with Crippen molar-refractivity contribution in [3.63, 3.8) is 0 Å². The number of carbonyl (C=O) groups is 1. The molecule has 1 aliphatic rings. The van der Waals surface area contributed by atoms with Crippen molar-refractivity contribution in [3.05, 3.63) is 0 Å². The van der Waals surface area contributed by atoms with Crippen LogP contribution in [0.15, 0.2) is 0 Å². The zero-order chi connectivity index (χ0) is 15.9. The summed E-state index contributed by atoms with van der Waals surface area (Å²) in [5.74, 6) is -0.574. The topological polar surface area (TPSA) is 44.8 Å². The second kappa shape index (κ2) is 8.55. The zero-order valence-electron chi connectivity index (χ0n) is 12.6. The number of hydrogen-bond acceptors (Lipinski definition) is 4. The Hall–Kier alpha value is -0.860. The maximum atomic E-state index is 12.1. The first kappa shape index (κ1) is 18.2. The summed E-state index contributed by atoms with van der Waals surface area (Å²) in [4.78, 5) is 15.8. The van der Waals surface area contributed by atoms with Crippen LogP contribution in [0.4, 0.5) is 13.2 Å². The molecule has 1 heterocycles. The predicted octanol–water partition coefficient (Wildman–Crippen LogP) is 0.708. The number of alkyl halides is 3. The van der Waals surface area contributed by atoms with Gasteiger partial charge in [0.15, 0.2) is 0 Å². The van der Waals surface area contributed by atoms with Crippen LogP contribution >= 0.6 is 0 Å². The second-order valence-electron chi connectivity index (χ2n) is 5.08. The van der Waals surface area contributed by atoms with Crippen molar-refractivity contribution in [2.45, 2.75) is 26.1 Å². The second-order valence-corrected chi connectivity index (χ2v) is 5.08. The lowest BCUT2D eigenvalue weighted by molar-refractivity contribution is -0.141. The van der Waals surface area contributed by atoms with Crippen molar-refractivity contribution in [1.29, 1.82) is 0 Å². The summed E-state index contributed by atoms with van der Waals surface area (Å²) in [5, 5.41) is 1.93. The molecule has 0 aliphatic carbocycles. The molecule has 0 aromatic heterocycles. The van der Waals surface area contributed by atoms with E-state index in [9.17, 15) is 18.0 Å². The molecule has 0 aromatic rings. The summed E-state index contributed by atoms with van der Waals surface area (Å²) in [6.45, 7) is 7.46. The fourth-order valence-electron chi connectivity index (χ4n) is 2.21. The molecular formula is C13H24F3N3O2. The fraction of sp³-hybridized carbons (Fsp3) is 0.923. The minimum atomic E-state index is -4.37. The quantitative estimate of drug-likeness (QED) is 0.703. The Kier molecular flexibility index (Phi) is 7.41. The lowest BCUT2D eigenvalue weighted by Gasteiger charge is -2.37. The molecule has 0 radical (unpaired) electrons. The van der Waals surface area contributed by atoms with Gasteiger partial charge in [0.2, 0.25) is 5.91 Å². The Balaban J connectivity index is 2.27. The predicted molar refractivity (Wildman–Crippen MR) is 73.0 cm³/mol. The van der Waals surface area contributed by atoms with Crippen molar-refractivity contribution in [3.8, 4) is 0 Å². The molecule has 1 atom stereocenters. The average molecular weight is 311 g/mol. The maximum Gasteiger partial charge on any atom is 0.405 e. The van der Waals surface area contributed by atoms with Gasteiger partial charge in [-0.05, 0) is 13.8 Å². The summed E-state index contributed by atoms with van der Waals surface area (Å²) < 4.78 is 41.5. The number of halogens is 3. The van der Waals surface area contributed by atoms with Crippen LogP contribution in [0.1, 0.15) is 13.8 Å². The summed E-state index contributed by atoms with van der Waals surface area (Å²) in [5.41, 5.74) is 0. The van der Waals surface area contributed by atoms with E-state index < -0.39 is 24.7 Å². The van der Waals surface area contributed by atoms with Crippen molar-refractivity contribution in [2.24, 2.45) is 0 Å². The van der Waals surface area contributed by atoms with Gasteiger partial charge in [-0.3, -0.25) is 14.6 Å². The summed E-state index contributed by atoms with van der Waals surface area (Å²) in [6, 6.07) is -0.540. The third-order valence-corrected chi connectivity index (χ3v) is 3.55. The van der Waals surface area contributed by atoms with Crippen LogP contribution < -0.4 is 5.32 Å². The van der Waals surface area contributed by atoms with Crippen LogP contribution in [-0.4, -0.2) is 80.4 Å². The number of piperazine rings is 1. The summed E-state index contributed by atoms with van der Waals surface area (Å²) >= 11 is 0. The molecule has 1 rings (SSSR count). The Morgan fingerprint density at radius 2 is 1.90 bits per heavy atom. The van der Waals surface area contributed by atoms with Gasteiger partial charge in [0.1, 0.15) is 6.54 Å². The van der Waals surface area contributed by atoms with Crippen LogP contribution in [0.2, 0.25) is 0 Å². The Morgan fingerprint density at radius 1 is 1.29 bits per heavy atom. The van der Waals surface area contributed by atoms with E-state index in [-0.39, 0.29) is 0 Å². The van der Waals surface area contributed by atoms with Gasteiger partial charge in [-0.25, -0.2) is 0 Å². The molecule has 5 nitrogen and oxygen atoms in total. The molecule has 0 unspecified atom stereocenters. The van der Waals surface area contributed by atoms with Crippen molar-refractivity contribution in [1.82, 2.24) is 15.1 Å². The maximum absolute atomic E-state index is 12.1. The van der Waals surface area contributed by atoms with Gasteiger partial charge in [0.25, 0.3) is 0 Å². The summed E-state index contributed by atoms with van der Waals surface area (Å²) in [7, 11) is 0. The molecule has 1 N–H and O–H groups in total. The number of nitrogens with one attached hydrogen (secondary N) is 1. The standard InChI is InChI=1S/C13H24F3N3O2/c1-3-21-9-8-18-4-6-19(7-5-18)11(2)12(20)17-10-13(14,15)16/h11H,3-10H2,1-2H3,(H,17,20)/t11-/m1/s1. The van der Waals surface area contributed by atoms with Gasteiger partial charge < -0.3 is 10.1 Å². The van der Waals surface area contributed by atoms with Crippen LogP contribution in [-0.2, 0) is 9.53 Å². The van der Waals surface area contributed by atoms with Crippen molar-refractivity contribution in [2.75, 3.05) is 52.5 Å². The van der Waals surface area contributed by atoms with Crippen LogP contribution in [0.25, 0.3) is 0 Å². The van der Waals surface area contributed by atoms with E-state index in [0.717, 1.165) is 19.6 Å². The molecule has 0 spiro atoms. The highest BCUT2D eigenvalue weighted by molar-refractivity contribution is 5.81. The Bertz CT molecular complexity index is 318. The molecule has 0 aromatic carbocycles. The molecule has 1 fully saturated rings. The summed E-state index contributed by atoms with van der Waals surface area (Å²) in [6.07, 6.45) is -4.37. The van der Waals surface area contributed by atoms with Crippen LogP contribution in [0.3, 0.4) is 0 Å². The number of rotatable bonds is 7. The smallest absolute Gasteiger partial charge is 0.380 e. The first-order valence-electron chi connectivity index (χ1n) is 7.22. The number of ether oxygens (including phenoxy) is 1. The number of nitrogens with zero attached hydrogens (tertiary/aromatic N) is 2. The van der Waals surface area contributed by atoms with E-state index in [1.165, 1.54) is 0 Å². The van der Waals surface area contributed by atoms with Gasteiger partial charge in [0, 0.05) is 39.3 Å². The molecule has 1 saturated heterocycles. The fourth-order valence-corrected chi connectivity index (χ4v) is 2.21. The van der Waals surface area contributed by atoms with E-state index in [2.05, 4.69) is 4.90 Å². The van der Waals surface area contributed by atoms with E-state index in [1.807, 2.05) is 17.1 Å². The van der Waals surface area contributed by atoms with Crippen LogP contribution in [0.5, 0.6) is 0 Å². The lowest BCUT2D eigenvalue weighted by Crippen LogP contribution is -2.54. The molecule has 124 valence electrons. The van der Waals surface area contributed by atoms with Crippen LogP contribution in [0, 0.1) is 0 Å². The van der Waals surface area contributed by atoms with Gasteiger partial charge in [-0.15, -0.1) is 0 Å². The molecule has 0 bridgehead atoms. The Labute approximate surface area is 123 Å². The lowest BCUT2D eigenvalue weighted by atomic mass is 10.2. The molecular weight excluding hydrogens is 287 g/mol. The SMILES string of the molecule is CCOCCN1CCN([C@H](C)C(=O)NCC(F)(F)F)CC1. The average Bonchev–Trinajstić information content (AvgIpc) is 2.44. The van der Waals surface area contributed by atoms with Gasteiger partial charge in [-0.1, -0.05) is 0 Å². The molecule has 1 aliphatic heterocycles. The first-order chi connectivity index (χ1) is 9.83. The van der Waals surface area contributed by atoms with Gasteiger partial charge in [0.05, 0.1) is 12.6 Å². The van der Waals surface area contributed by atoms with Gasteiger partial charge in [-0.2, -0.15) is 13.2 Å². The monoisotopic (exact) mass is 311 g/mol. The Morgan fingerprint density at radius 3 is 2.43 bits per heavy atom. The molecule has 8 heteroatoms. The molecule has 0 saturated carbocycles.